The van der Waals surface area contributed by atoms with Crippen LogP contribution in [-0.2, 0) is 13.0 Å². The number of rotatable bonds is 3. The van der Waals surface area contributed by atoms with Crippen molar-refractivity contribution < 1.29 is 5.11 Å². The Kier molecular flexibility index (Phi) is 4.05. The number of hydrogen-bond donors (Lipinski definition) is 1. The van der Waals surface area contributed by atoms with E-state index in [4.69, 9.17) is 0 Å². The minimum Gasteiger partial charge on any atom is -0.389 e. The highest BCUT2D eigenvalue weighted by Gasteiger charge is 2.38. The summed E-state index contributed by atoms with van der Waals surface area (Å²) in [6.45, 7) is 9.98. The number of aromatic nitrogens is 2. The van der Waals surface area contributed by atoms with Gasteiger partial charge in [0, 0.05) is 25.4 Å². The summed E-state index contributed by atoms with van der Waals surface area (Å²) in [6, 6.07) is 0. The molecule has 1 aromatic rings. The number of nitrogens with zero attached hydrogens (tertiary/aromatic N) is 2. The Hall–Kier alpha value is -0.830. The van der Waals surface area contributed by atoms with E-state index in [1.165, 1.54) is 0 Å². The molecular weight excluding hydrogens is 236 g/mol. The van der Waals surface area contributed by atoms with Crippen molar-refractivity contribution in [2.75, 3.05) is 0 Å². The molecule has 0 amide bonds. The van der Waals surface area contributed by atoms with Crippen molar-refractivity contribution in [1.29, 1.82) is 0 Å². The molecule has 1 aromatic heterocycles. The van der Waals surface area contributed by atoms with Crippen molar-refractivity contribution in [2.24, 2.45) is 11.3 Å². The van der Waals surface area contributed by atoms with Gasteiger partial charge in [-0.1, -0.05) is 20.8 Å². The molecule has 1 N–H and O–H groups in total. The topological polar surface area (TPSA) is 38.0 Å². The molecule has 0 unspecified atom stereocenters. The van der Waals surface area contributed by atoms with Crippen molar-refractivity contribution >= 4 is 0 Å². The van der Waals surface area contributed by atoms with E-state index in [0.29, 0.717) is 11.8 Å². The summed E-state index contributed by atoms with van der Waals surface area (Å²) in [6.07, 6.45) is 8.61. The van der Waals surface area contributed by atoms with E-state index in [2.05, 4.69) is 37.2 Å². The van der Waals surface area contributed by atoms with Crippen LogP contribution in [0.25, 0.3) is 0 Å². The summed E-state index contributed by atoms with van der Waals surface area (Å²) in [5, 5.41) is 10.8. The molecule has 3 nitrogen and oxygen atoms in total. The molecule has 0 saturated heterocycles. The van der Waals surface area contributed by atoms with Crippen LogP contribution < -0.4 is 0 Å². The van der Waals surface area contributed by atoms with Crippen LogP contribution in [0.5, 0.6) is 0 Å². The fourth-order valence-electron chi connectivity index (χ4n) is 3.29. The molecule has 1 aliphatic rings. The van der Waals surface area contributed by atoms with Crippen LogP contribution in [0.1, 0.15) is 59.2 Å². The number of imidazole rings is 1. The van der Waals surface area contributed by atoms with Gasteiger partial charge in [-0.2, -0.15) is 0 Å². The van der Waals surface area contributed by atoms with Crippen LogP contribution in [0.15, 0.2) is 12.4 Å². The first-order valence-electron chi connectivity index (χ1n) is 7.56. The van der Waals surface area contributed by atoms with E-state index >= 15 is 0 Å². The van der Waals surface area contributed by atoms with E-state index in [0.717, 1.165) is 44.0 Å². The molecule has 2 rings (SSSR count). The molecule has 108 valence electrons. The first-order valence-corrected chi connectivity index (χ1v) is 7.56. The van der Waals surface area contributed by atoms with Gasteiger partial charge < -0.3 is 9.67 Å². The zero-order valence-electron chi connectivity index (χ0n) is 12.8. The molecule has 0 aromatic carbocycles. The highest BCUT2D eigenvalue weighted by Crippen LogP contribution is 2.42. The normalized spacial score (nSPS) is 28.6. The fraction of sp³-hybridized carbons (Fsp3) is 0.812. The molecule has 0 bridgehead atoms. The molecule has 0 atom stereocenters. The van der Waals surface area contributed by atoms with Crippen molar-refractivity contribution in [3.8, 4) is 0 Å². The first kappa shape index (κ1) is 14.6. The second-order valence-corrected chi connectivity index (χ2v) is 7.17. The third-order valence-corrected chi connectivity index (χ3v) is 4.77. The molecule has 0 spiro atoms. The number of aliphatic hydroxyl groups is 1. The average Bonchev–Trinajstić information content (AvgIpc) is 2.75. The van der Waals surface area contributed by atoms with Crippen molar-refractivity contribution in [1.82, 2.24) is 9.55 Å². The molecule has 1 aliphatic carbocycles. The standard InChI is InChI=1S/C16H28N2O/c1-5-18-11-10-17-14(18)12-16(19)8-6-13(7-9-16)15(2,3)4/h10-11,13,19H,5-9,12H2,1-4H3. The van der Waals surface area contributed by atoms with Crippen LogP contribution >= 0.6 is 0 Å². The fourth-order valence-corrected chi connectivity index (χ4v) is 3.29. The largest absolute Gasteiger partial charge is 0.389 e. The van der Waals surface area contributed by atoms with Crippen LogP contribution in [-0.4, -0.2) is 20.3 Å². The van der Waals surface area contributed by atoms with Crippen molar-refractivity contribution in [3.63, 3.8) is 0 Å². The van der Waals surface area contributed by atoms with E-state index in [1.807, 2.05) is 12.4 Å². The lowest BCUT2D eigenvalue weighted by molar-refractivity contribution is -0.0263. The Bertz CT molecular complexity index is 409. The summed E-state index contributed by atoms with van der Waals surface area (Å²) < 4.78 is 2.13. The Morgan fingerprint density at radius 2 is 2.00 bits per heavy atom. The highest BCUT2D eigenvalue weighted by molar-refractivity contribution is 5.01. The Balaban J connectivity index is 1.99. The monoisotopic (exact) mass is 264 g/mol. The van der Waals surface area contributed by atoms with E-state index in [9.17, 15) is 5.11 Å². The summed E-state index contributed by atoms with van der Waals surface area (Å²) in [5.41, 5.74) is -0.177. The van der Waals surface area contributed by atoms with Crippen LogP contribution in [0.3, 0.4) is 0 Å². The zero-order chi connectivity index (χ0) is 14.1. The molecule has 19 heavy (non-hydrogen) atoms. The third kappa shape index (κ3) is 3.38. The molecule has 0 aliphatic heterocycles. The second kappa shape index (κ2) is 5.28. The highest BCUT2D eigenvalue weighted by atomic mass is 16.3. The molecule has 3 heteroatoms. The van der Waals surface area contributed by atoms with Gasteiger partial charge >= 0.3 is 0 Å². The average molecular weight is 264 g/mol. The maximum absolute atomic E-state index is 10.8. The van der Waals surface area contributed by atoms with E-state index < -0.39 is 5.60 Å². The zero-order valence-corrected chi connectivity index (χ0v) is 12.8. The summed E-state index contributed by atoms with van der Waals surface area (Å²) in [5.74, 6) is 1.76. The van der Waals surface area contributed by atoms with E-state index in [-0.39, 0.29) is 0 Å². The second-order valence-electron chi connectivity index (χ2n) is 7.17. The lowest BCUT2D eigenvalue weighted by Gasteiger charge is -2.41. The number of hydrogen-bond acceptors (Lipinski definition) is 2. The molecule has 1 fully saturated rings. The third-order valence-electron chi connectivity index (χ3n) is 4.77. The minimum absolute atomic E-state index is 0.364. The predicted octanol–water partition coefficient (Wildman–Crippen LogP) is 3.41. The lowest BCUT2D eigenvalue weighted by Crippen LogP contribution is -2.39. The van der Waals surface area contributed by atoms with Gasteiger partial charge in [-0.05, 0) is 43.9 Å². The predicted molar refractivity (Wildman–Crippen MR) is 78.0 cm³/mol. The SMILES string of the molecule is CCn1ccnc1CC1(O)CCC(C(C)(C)C)CC1. The Labute approximate surface area is 117 Å². The van der Waals surface area contributed by atoms with Crippen molar-refractivity contribution in [3.05, 3.63) is 18.2 Å². The Morgan fingerprint density at radius 1 is 1.37 bits per heavy atom. The molecular formula is C16H28N2O. The van der Waals surface area contributed by atoms with Gasteiger partial charge in [-0.15, -0.1) is 0 Å². The smallest absolute Gasteiger partial charge is 0.111 e. The van der Waals surface area contributed by atoms with Gasteiger partial charge in [0.25, 0.3) is 0 Å². The minimum atomic E-state index is -0.542. The summed E-state index contributed by atoms with van der Waals surface area (Å²) in [7, 11) is 0. The quantitative estimate of drug-likeness (QED) is 0.908. The van der Waals surface area contributed by atoms with Crippen LogP contribution in [0.4, 0.5) is 0 Å². The van der Waals surface area contributed by atoms with Gasteiger partial charge in [0.1, 0.15) is 5.82 Å². The maximum atomic E-state index is 10.8. The van der Waals surface area contributed by atoms with Gasteiger partial charge in [0.15, 0.2) is 0 Å². The summed E-state index contributed by atoms with van der Waals surface area (Å²) >= 11 is 0. The van der Waals surface area contributed by atoms with Crippen LogP contribution in [0.2, 0.25) is 0 Å². The van der Waals surface area contributed by atoms with Gasteiger partial charge in [-0.3, -0.25) is 0 Å². The lowest BCUT2D eigenvalue weighted by atomic mass is 9.67. The maximum Gasteiger partial charge on any atom is 0.111 e. The number of aryl methyl sites for hydroxylation is 1. The van der Waals surface area contributed by atoms with Gasteiger partial charge in [0.2, 0.25) is 0 Å². The van der Waals surface area contributed by atoms with Gasteiger partial charge in [-0.25, -0.2) is 4.98 Å². The molecule has 1 heterocycles. The molecule has 1 saturated carbocycles. The first-order chi connectivity index (χ1) is 8.84. The van der Waals surface area contributed by atoms with Gasteiger partial charge in [0.05, 0.1) is 5.60 Å². The molecule has 0 radical (unpaired) electrons. The van der Waals surface area contributed by atoms with Crippen molar-refractivity contribution in [2.45, 2.75) is 71.9 Å². The van der Waals surface area contributed by atoms with Crippen LogP contribution in [0, 0.1) is 11.3 Å². The summed E-state index contributed by atoms with van der Waals surface area (Å²) in [4.78, 5) is 4.40. The Morgan fingerprint density at radius 3 is 2.53 bits per heavy atom. The van der Waals surface area contributed by atoms with E-state index in [1.54, 1.807) is 0 Å².